The molecule has 0 aromatic heterocycles. The second-order valence-corrected chi connectivity index (χ2v) is 3.06. The smallest absolute Gasteiger partial charge is 0.0644 e. The van der Waals surface area contributed by atoms with Gasteiger partial charge in [-0.25, -0.2) is 0 Å². The molecule has 0 spiro atoms. The number of hydrogen-bond acceptors (Lipinski definition) is 3. The van der Waals surface area contributed by atoms with E-state index >= 15 is 0 Å². The van der Waals surface area contributed by atoms with Gasteiger partial charge in [-0.05, 0) is 12.8 Å². The summed E-state index contributed by atoms with van der Waals surface area (Å²) in [4.78, 5) is 0. The highest BCUT2D eigenvalue weighted by Crippen LogP contribution is 2.31. The van der Waals surface area contributed by atoms with Gasteiger partial charge in [0, 0.05) is 19.8 Å². The molecule has 1 rings (SSSR count). The highest BCUT2D eigenvalue weighted by Gasteiger charge is 2.40. The minimum Gasteiger partial charge on any atom is -0.383 e. The van der Waals surface area contributed by atoms with Crippen LogP contribution in [0.1, 0.15) is 12.8 Å². The van der Waals surface area contributed by atoms with Crippen LogP contribution >= 0.6 is 0 Å². The monoisotopic (exact) mass is 145 g/mol. The summed E-state index contributed by atoms with van der Waals surface area (Å²) < 4.78 is 10.1. The Morgan fingerprint density at radius 2 is 2.10 bits per heavy atom. The number of methoxy groups -OCH3 is 2. The summed E-state index contributed by atoms with van der Waals surface area (Å²) in [5.74, 6) is 0. The topological polar surface area (TPSA) is 44.5 Å². The van der Waals surface area contributed by atoms with Crippen molar-refractivity contribution < 1.29 is 9.47 Å². The van der Waals surface area contributed by atoms with Crippen molar-refractivity contribution in [3.8, 4) is 0 Å². The highest BCUT2D eigenvalue weighted by molar-refractivity contribution is 4.99. The van der Waals surface area contributed by atoms with Crippen molar-refractivity contribution >= 4 is 0 Å². The number of ether oxygens (including phenoxy) is 2. The number of hydrogen-bond donors (Lipinski definition) is 1. The Bertz CT molecular complexity index is 110. The SMILES string of the molecule is COCC1(N)CC(OC)C1. The molecule has 0 atom stereocenters. The molecule has 3 nitrogen and oxygen atoms in total. The fourth-order valence-corrected chi connectivity index (χ4v) is 1.42. The fourth-order valence-electron chi connectivity index (χ4n) is 1.42. The summed E-state index contributed by atoms with van der Waals surface area (Å²) in [6, 6.07) is 0. The normalized spacial score (nSPS) is 39.3. The van der Waals surface area contributed by atoms with Gasteiger partial charge in [0.25, 0.3) is 0 Å². The molecule has 1 aliphatic rings. The summed E-state index contributed by atoms with van der Waals surface area (Å²) in [7, 11) is 3.39. The van der Waals surface area contributed by atoms with Crippen LogP contribution in [-0.2, 0) is 9.47 Å². The Morgan fingerprint density at radius 3 is 2.50 bits per heavy atom. The third-order valence-corrected chi connectivity index (χ3v) is 2.03. The second kappa shape index (κ2) is 2.86. The standard InChI is InChI=1S/C7H15NO2/c1-9-5-7(8)3-6(4-7)10-2/h6H,3-5,8H2,1-2H3. The molecule has 1 fully saturated rings. The van der Waals surface area contributed by atoms with E-state index in [0.29, 0.717) is 12.7 Å². The van der Waals surface area contributed by atoms with E-state index in [1.807, 2.05) is 0 Å². The van der Waals surface area contributed by atoms with E-state index in [4.69, 9.17) is 15.2 Å². The van der Waals surface area contributed by atoms with Gasteiger partial charge in [0.05, 0.1) is 12.7 Å². The second-order valence-electron chi connectivity index (χ2n) is 3.06. The van der Waals surface area contributed by atoms with Gasteiger partial charge >= 0.3 is 0 Å². The van der Waals surface area contributed by atoms with Crippen LogP contribution < -0.4 is 5.73 Å². The summed E-state index contributed by atoms with van der Waals surface area (Å²) in [5.41, 5.74) is 5.77. The summed E-state index contributed by atoms with van der Waals surface area (Å²) in [5, 5.41) is 0. The Balaban J connectivity index is 2.20. The lowest BCUT2D eigenvalue weighted by Crippen LogP contribution is -2.58. The largest absolute Gasteiger partial charge is 0.383 e. The molecule has 0 unspecified atom stereocenters. The average Bonchev–Trinajstić information content (AvgIpc) is 1.83. The Kier molecular flexibility index (Phi) is 2.28. The van der Waals surface area contributed by atoms with Crippen LogP contribution in [0.25, 0.3) is 0 Å². The summed E-state index contributed by atoms with van der Waals surface area (Å²) >= 11 is 0. The Morgan fingerprint density at radius 1 is 1.50 bits per heavy atom. The zero-order valence-corrected chi connectivity index (χ0v) is 6.59. The van der Waals surface area contributed by atoms with Gasteiger partial charge in [-0.1, -0.05) is 0 Å². The molecular weight excluding hydrogens is 130 g/mol. The van der Waals surface area contributed by atoms with Crippen molar-refractivity contribution in [3.05, 3.63) is 0 Å². The highest BCUT2D eigenvalue weighted by atomic mass is 16.5. The molecule has 1 aliphatic carbocycles. The fraction of sp³-hybridized carbons (Fsp3) is 1.00. The van der Waals surface area contributed by atoms with Crippen LogP contribution in [0.5, 0.6) is 0 Å². The first-order valence-corrected chi connectivity index (χ1v) is 3.51. The molecule has 0 aromatic carbocycles. The molecule has 0 radical (unpaired) electrons. The third-order valence-electron chi connectivity index (χ3n) is 2.03. The van der Waals surface area contributed by atoms with Crippen LogP contribution in [0.2, 0.25) is 0 Å². The Labute approximate surface area is 61.5 Å². The van der Waals surface area contributed by atoms with Gasteiger partial charge in [-0.3, -0.25) is 0 Å². The van der Waals surface area contributed by atoms with E-state index in [0.717, 1.165) is 12.8 Å². The van der Waals surface area contributed by atoms with Crippen LogP contribution in [0.4, 0.5) is 0 Å². The molecule has 0 aromatic rings. The van der Waals surface area contributed by atoms with Gasteiger partial charge in [0.1, 0.15) is 0 Å². The van der Waals surface area contributed by atoms with Gasteiger partial charge in [0.15, 0.2) is 0 Å². The minimum absolute atomic E-state index is 0.102. The predicted octanol–water partition coefficient (Wildman–Crippen LogP) is 0.139. The van der Waals surface area contributed by atoms with Gasteiger partial charge < -0.3 is 15.2 Å². The van der Waals surface area contributed by atoms with Crippen LogP contribution in [-0.4, -0.2) is 32.5 Å². The van der Waals surface area contributed by atoms with E-state index in [1.54, 1.807) is 14.2 Å². The molecule has 0 saturated heterocycles. The molecule has 0 amide bonds. The van der Waals surface area contributed by atoms with E-state index in [-0.39, 0.29) is 5.54 Å². The van der Waals surface area contributed by atoms with E-state index in [1.165, 1.54) is 0 Å². The van der Waals surface area contributed by atoms with Gasteiger partial charge in [0.2, 0.25) is 0 Å². The lowest BCUT2D eigenvalue weighted by molar-refractivity contribution is -0.0427. The lowest BCUT2D eigenvalue weighted by Gasteiger charge is -2.43. The van der Waals surface area contributed by atoms with Crippen LogP contribution in [0, 0.1) is 0 Å². The molecular formula is C7H15NO2. The number of nitrogens with two attached hydrogens (primary N) is 1. The minimum atomic E-state index is -0.102. The van der Waals surface area contributed by atoms with Gasteiger partial charge in [-0.15, -0.1) is 0 Å². The molecule has 3 heteroatoms. The van der Waals surface area contributed by atoms with E-state index < -0.39 is 0 Å². The first-order valence-electron chi connectivity index (χ1n) is 3.51. The van der Waals surface area contributed by atoms with Crippen molar-refractivity contribution in [2.45, 2.75) is 24.5 Å². The quantitative estimate of drug-likeness (QED) is 0.614. The maximum Gasteiger partial charge on any atom is 0.0644 e. The van der Waals surface area contributed by atoms with Crippen molar-refractivity contribution in [2.24, 2.45) is 5.73 Å². The van der Waals surface area contributed by atoms with Crippen molar-refractivity contribution in [1.82, 2.24) is 0 Å². The first kappa shape index (κ1) is 7.98. The lowest BCUT2D eigenvalue weighted by atomic mass is 9.76. The van der Waals surface area contributed by atoms with Gasteiger partial charge in [-0.2, -0.15) is 0 Å². The first-order chi connectivity index (χ1) is 4.70. The molecule has 10 heavy (non-hydrogen) atoms. The Hall–Kier alpha value is -0.120. The molecule has 0 aliphatic heterocycles. The summed E-state index contributed by atoms with van der Waals surface area (Å²) in [6.45, 7) is 0.646. The van der Waals surface area contributed by atoms with E-state index in [9.17, 15) is 0 Å². The maximum atomic E-state index is 5.87. The third kappa shape index (κ3) is 1.48. The van der Waals surface area contributed by atoms with E-state index in [2.05, 4.69) is 0 Å². The summed E-state index contributed by atoms with van der Waals surface area (Å²) in [6.07, 6.45) is 2.22. The molecule has 60 valence electrons. The zero-order valence-electron chi connectivity index (χ0n) is 6.59. The van der Waals surface area contributed by atoms with Crippen molar-refractivity contribution in [1.29, 1.82) is 0 Å². The van der Waals surface area contributed by atoms with Crippen LogP contribution in [0.15, 0.2) is 0 Å². The zero-order chi connectivity index (χ0) is 7.61. The van der Waals surface area contributed by atoms with Crippen LogP contribution in [0.3, 0.4) is 0 Å². The predicted molar refractivity (Wildman–Crippen MR) is 38.8 cm³/mol. The van der Waals surface area contributed by atoms with Crippen molar-refractivity contribution in [2.75, 3.05) is 20.8 Å². The average molecular weight is 145 g/mol. The van der Waals surface area contributed by atoms with Crippen molar-refractivity contribution in [3.63, 3.8) is 0 Å². The molecule has 0 heterocycles. The molecule has 1 saturated carbocycles. The molecule has 2 N–H and O–H groups in total. The number of rotatable bonds is 3. The maximum absolute atomic E-state index is 5.87. The molecule has 0 bridgehead atoms.